The molecule has 1 aromatic rings. The average molecular weight is 312 g/mol. The number of nitrogens with one attached hydrogen (secondary N) is 1. The summed E-state index contributed by atoms with van der Waals surface area (Å²) in [6, 6.07) is 3.18. The fraction of sp³-hybridized carbons (Fsp3) is 0.533. The highest BCUT2D eigenvalue weighted by molar-refractivity contribution is 6.32. The van der Waals surface area contributed by atoms with Crippen molar-refractivity contribution in [1.82, 2.24) is 5.32 Å². The van der Waals surface area contributed by atoms with E-state index < -0.39 is 12.0 Å². The molecule has 114 valence electrons. The second-order valence-electron chi connectivity index (χ2n) is 5.49. The summed E-state index contributed by atoms with van der Waals surface area (Å²) in [7, 11) is 0. The number of aliphatic carboxylic acids is 1. The first kappa shape index (κ1) is 14.5. The molecule has 1 heterocycles. The van der Waals surface area contributed by atoms with Gasteiger partial charge in [0.2, 0.25) is 0 Å². The number of halogens is 1. The van der Waals surface area contributed by atoms with Gasteiger partial charge in [-0.3, -0.25) is 4.79 Å². The number of hydrogen-bond acceptors (Lipinski definition) is 4. The van der Waals surface area contributed by atoms with E-state index in [0.29, 0.717) is 36.3 Å². The minimum atomic E-state index is -0.794. The summed E-state index contributed by atoms with van der Waals surface area (Å²) in [6.07, 6.45) is 2.78. The van der Waals surface area contributed by atoms with Crippen LogP contribution in [0.5, 0.6) is 11.5 Å². The first-order chi connectivity index (χ1) is 10.1. The Hall–Kier alpha value is -1.46. The molecule has 2 N–H and O–H groups in total. The fourth-order valence-corrected chi connectivity index (χ4v) is 2.79. The van der Waals surface area contributed by atoms with Crippen molar-refractivity contribution >= 4 is 17.6 Å². The van der Waals surface area contributed by atoms with Crippen LogP contribution in [0, 0.1) is 5.92 Å². The number of ether oxygens (including phenoxy) is 2. The summed E-state index contributed by atoms with van der Waals surface area (Å²) in [5.41, 5.74) is 0.899. The summed E-state index contributed by atoms with van der Waals surface area (Å²) in [4.78, 5) is 11.2. The summed E-state index contributed by atoms with van der Waals surface area (Å²) < 4.78 is 11.2. The van der Waals surface area contributed by atoms with Crippen LogP contribution < -0.4 is 14.8 Å². The molecule has 0 aromatic heterocycles. The topological polar surface area (TPSA) is 67.8 Å². The number of carboxylic acid groups (broad SMARTS) is 1. The Morgan fingerprint density at radius 2 is 2.14 bits per heavy atom. The molecule has 1 aliphatic carbocycles. The highest BCUT2D eigenvalue weighted by Gasteiger charge is 2.35. The number of hydrogen-bond donors (Lipinski definition) is 2. The van der Waals surface area contributed by atoms with Crippen molar-refractivity contribution in [2.24, 2.45) is 5.92 Å². The van der Waals surface area contributed by atoms with Crippen LogP contribution in [-0.4, -0.2) is 30.3 Å². The second-order valence-corrected chi connectivity index (χ2v) is 5.90. The first-order valence-corrected chi connectivity index (χ1v) is 7.57. The van der Waals surface area contributed by atoms with E-state index in [1.165, 1.54) is 0 Å². The lowest BCUT2D eigenvalue weighted by atomic mass is 10.1. The molecule has 6 heteroatoms. The number of benzene rings is 1. The maximum absolute atomic E-state index is 11.2. The molecular formula is C15H18ClNO4. The Labute approximate surface area is 128 Å². The molecule has 2 aliphatic rings. The van der Waals surface area contributed by atoms with Gasteiger partial charge in [-0.2, -0.15) is 0 Å². The van der Waals surface area contributed by atoms with Crippen molar-refractivity contribution < 1.29 is 19.4 Å². The van der Waals surface area contributed by atoms with Crippen LogP contribution in [0.25, 0.3) is 0 Å². The minimum Gasteiger partial charge on any atom is -0.489 e. The van der Waals surface area contributed by atoms with E-state index in [0.717, 1.165) is 24.8 Å². The van der Waals surface area contributed by atoms with Gasteiger partial charge < -0.3 is 19.9 Å². The minimum absolute atomic E-state index is 0.249. The molecule has 0 saturated heterocycles. The molecule has 1 aliphatic heterocycles. The molecule has 1 saturated carbocycles. The zero-order valence-electron chi connectivity index (χ0n) is 11.6. The van der Waals surface area contributed by atoms with Gasteiger partial charge in [-0.25, -0.2) is 0 Å². The molecular weight excluding hydrogens is 294 g/mol. The predicted molar refractivity (Wildman–Crippen MR) is 78.0 cm³/mol. The van der Waals surface area contributed by atoms with Gasteiger partial charge in [0, 0.05) is 13.0 Å². The number of carbonyl (C=O) groups is 1. The van der Waals surface area contributed by atoms with Crippen LogP contribution in [0.15, 0.2) is 12.1 Å². The third-order valence-corrected chi connectivity index (χ3v) is 4.03. The average Bonchev–Trinajstić information content (AvgIpc) is 3.25. The lowest BCUT2D eigenvalue weighted by molar-refractivity contribution is -0.140. The lowest BCUT2D eigenvalue weighted by Gasteiger charge is -2.15. The molecule has 1 unspecified atom stereocenters. The molecule has 1 atom stereocenters. The highest BCUT2D eigenvalue weighted by atomic mass is 35.5. The largest absolute Gasteiger partial charge is 0.489 e. The van der Waals surface area contributed by atoms with Gasteiger partial charge in [0.1, 0.15) is 6.04 Å². The first-order valence-electron chi connectivity index (χ1n) is 7.19. The molecule has 0 radical (unpaired) electrons. The van der Waals surface area contributed by atoms with E-state index in [1.807, 2.05) is 6.07 Å². The van der Waals surface area contributed by atoms with Crippen molar-refractivity contribution in [2.45, 2.75) is 31.8 Å². The molecule has 3 rings (SSSR count). The van der Waals surface area contributed by atoms with E-state index >= 15 is 0 Å². The Morgan fingerprint density at radius 1 is 1.38 bits per heavy atom. The van der Waals surface area contributed by atoms with Gasteiger partial charge in [0.15, 0.2) is 11.5 Å². The van der Waals surface area contributed by atoms with Crippen LogP contribution in [-0.2, 0) is 11.3 Å². The van der Waals surface area contributed by atoms with E-state index in [-0.39, 0.29) is 5.92 Å². The number of fused-ring (bicyclic) bond motifs is 1. The maximum Gasteiger partial charge on any atom is 0.320 e. The second kappa shape index (κ2) is 6.12. The standard InChI is InChI=1S/C15H18ClNO4/c16-11-6-9(7-12-14(11)21-5-1-4-20-12)8-17-13(15(18)19)10-2-3-10/h6-7,10,13,17H,1-5,8H2,(H,18,19). The molecule has 0 amide bonds. The Kier molecular flexibility index (Phi) is 4.22. The van der Waals surface area contributed by atoms with Crippen molar-refractivity contribution in [1.29, 1.82) is 0 Å². The Bertz CT molecular complexity index is 545. The smallest absolute Gasteiger partial charge is 0.320 e. The van der Waals surface area contributed by atoms with Crippen LogP contribution in [0.2, 0.25) is 5.02 Å². The third-order valence-electron chi connectivity index (χ3n) is 3.75. The lowest BCUT2D eigenvalue weighted by Crippen LogP contribution is -2.38. The van der Waals surface area contributed by atoms with Gasteiger partial charge in [0.25, 0.3) is 0 Å². The van der Waals surface area contributed by atoms with Crippen LogP contribution in [0.1, 0.15) is 24.8 Å². The normalized spacial score (nSPS) is 18.9. The highest BCUT2D eigenvalue weighted by Crippen LogP contribution is 2.38. The van der Waals surface area contributed by atoms with E-state index in [2.05, 4.69) is 5.32 Å². The zero-order valence-corrected chi connectivity index (χ0v) is 12.4. The SMILES string of the molecule is O=C(O)C(NCc1cc(Cl)c2c(c1)OCCCO2)C1CC1. The van der Waals surface area contributed by atoms with Gasteiger partial charge in [-0.05, 0) is 36.5 Å². The quantitative estimate of drug-likeness (QED) is 0.874. The predicted octanol–water partition coefficient (Wildman–Crippen LogP) is 2.45. The number of carboxylic acids is 1. The van der Waals surface area contributed by atoms with Crippen molar-refractivity contribution in [3.63, 3.8) is 0 Å². The maximum atomic E-state index is 11.2. The Balaban J connectivity index is 1.72. The van der Waals surface area contributed by atoms with Gasteiger partial charge in [-0.1, -0.05) is 11.6 Å². The van der Waals surface area contributed by atoms with Gasteiger partial charge >= 0.3 is 5.97 Å². The van der Waals surface area contributed by atoms with Gasteiger partial charge in [0.05, 0.1) is 18.2 Å². The van der Waals surface area contributed by atoms with Crippen LogP contribution in [0.4, 0.5) is 0 Å². The monoisotopic (exact) mass is 311 g/mol. The van der Waals surface area contributed by atoms with E-state index in [4.69, 9.17) is 21.1 Å². The molecule has 21 heavy (non-hydrogen) atoms. The zero-order chi connectivity index (χ0) is 14.8. The van der Waals surface area contributed by atoms with Crippen LogP contribution >= 0.6 is 11.6 Å². The molecule has 0 spiro atoms. The summed E-state index contributed by atoms with van der Waals surface area (Å²) >= 11 is 6.22. The molecule has 5 nitrogen and oxygen atoms in total. The van der Waals surface area contributed by atoms with E-state index in [9.17, 15) is 9.90 Å². The molecule has 1 fully saturated rings. The summed E-state index contributed by atoms with van der Waals surface area (Å²) in [6.45, 7) is 1.64. The van der Waals surface area contributed by atoms with Crippen molar-refractivity contribution in [3.05, 3.63) is 22.7 Å². The number of rotatable bonds is 5. The van der Waals surface area contributed by atoms with Gasteiger partial charge in [-0.15, -0.1) is 0 Å². The summed E-state index contributed by atoms with van der Waals surface area (Å²) in [5.74, 6) is 0.668. The molecule has 1 aromatic carbocycles. The third kappa shape index (κ3) is 3.41. The van der Waals surface area contributed by atoms with Crippen molar-refractivity contribution in [2.75, 3.05) is 13.2 Å². The molecule has 0 bridgehead atoms. The van der Waals surface area contributed by atoms with E-state index in [1.54, 1.807) is 6.07 Å². The van der Waals surface area contributed by atoms with Crippen molar-refractivity contribution in [3.8, 4) is 11.5 Å². The fourth-order valence-electron chi connectivity index (χ4n) is 2.50. The van der Waals surface area contributed by atoms with Crippen LogP contribution in [0.3, 0.4) is 0 Å². The summed E-state index contributed by atoms with van der Waals surface area (Å²) in [5, 5.41) is 12.8. The Morgan fingerprint density at radius 3 is 2.86 bits per heavy atom.